The van der Waals surface area contributed by atoms with Crippen LogP contribution in [-0.4, -0.2) is 31.1 Å². The Morgan fingerprint density at radius 1 is 1.07 bits per heavy atom. The highest BCUT2D eigenvalue weighted by molar-refractivity contribution is 6.01. The number of carbonyl (C=O) groups is 3. The molecule has 0 saturated heterocycles. The normalized spacial score (nSPS) is 10.1. The minimum absolute atomic E-state index is 0.0700. The first-order chi connectivity index (χ1) is 13.4. The van der Waals surface area contributed by atoms with Crippen LogP contribution in [0.3, 0.4) is 0 Å². The molecule has 0 bridgehead atoms. The van der Waals surface area contributed by atoms with Gasteiger partial charge in [-0.05, 0) is 43.2 Å². The van der Waals surface area contributed by atoms with Crippen molar-refractivity contribution in [2.45, 2.75) is 19.8 Å². The van der Waals surface area contributed by atoms with Crippen molar-refractivity contribution in [1.29, 1.82) is 0 Å². The molecule has 2 aromatic rings. The van der Waals surface area contributed by atoms with Crippen molar-refractivity contribution >= 4 is 23.6 Å². The van der Waals surface area contributed by atoms with E-state index in [4.69, 9.17) is 9.47 Å². The van der Waals surface area contributed by atoms with Crippen molar-refractivity contribution in [2.24, 2.45) is 0 Å². The number of aryl methyl sites for hydroxylation is 1. The molecule has 0 radical (unpaired) electrons. The van der Waals surface area contributed by atoms with Gasteiger partial charge in [-0.15, -0.1) is 0 Å². The standard InChI is InChI=1S/C20H21FN2O5/c1-14-6-4-7-15(12-14)27-11-5-10-19(25)28-13-18(24)23-20(26)22-17-9-3-2-8-16(17)21/h2-4,6-9,12H,5,10-11,13H2,1H3,(H2,22,23,24,26). The van der Waals surface area contributed by atoms with Gasteiger partial charge in [0.05, 0.1) is 12.3 Å². The number of rotatable bonds is 8. The SMILES string of the molecule is Cc1cccc(OCCCC(=O)OCC(=O)NC(=O)Nc2ccccc2F)c1. The molecule has 0 aliphatic heterocycles. The number of esters is 1. The third kappa shape index (κ3) is 7.45. The van der Waals surface area contributed by atoms with Crippen LogP contribution in [0, 0.1) is 12.7 Å². The summed E-state index contributed by atoms with van der Waals surface area (Å²) in [6.45, 7) is 1.67. The van der Waals surface area contributed by atoms with Gasteiger partial charge < -0.3 is 14.8 Å². The Morgan fingerprint density at radius 3 is 2.61 bits per heavy atom. The van der Waals surface area contributed by atoms with Gasteiger partial charge in [0.25, 0.3) is 5.91 Å². The summed E-state index contributed by atoms with van der Waals surface area (Å²) in [6, 6.07) is 12.1. The lowest BCUT2D eigenvalue weighted by molar-refractivity contribution is -0.148. The summed E-state index contributed by atoms with van der Waals surface area (Å²) in [5.41, 5.74) is 1.00. The molecule has 8 heteroatoms. The Bertz CT molecular complexity index is 841. The molecule has 28 heavy (non-hydrogen) atoms. The van der Waals surface area contributed by atoms with E-state index in [2.05, 4.69) is 5.32 Å². The highest BCUT2D eigenvalue weighted by Gasteiger charge is 2.12. The van der Waals surface area contributed by atoms with Gasteiger partial charge in [-0.2, -0.15) is 0 Å². The summed E-state index contributed by atoms with van der Waals surface area (Å²) in [4.78, 5) is 34.9. The molecular weight excluding hydrogens is 367 g/mol. The number of hydrogen-bond donors (Lipinski definition) is 2. The van der Waals surface area contributed by atoms with E-state index in [0.29, 0.717) is 18.8 Å². The van der Waals surface area contributed by atoms with Crippen LogP contribution in [0.4, 0.5) is 14.9 Å². The zero-order valence-electron chi connectivity index (χ0n) is 15.4. The number of hydrogen-bond acceptors (Lipinski definition) is 5. The third-order valence-corrected chi connectivity index (χ3v) is 3.52. The smallest absolute Gasteiger partial charge is 0.326 e. The summed E-state index contributed by atoms with van der Waals surface area (Å²) in [6.07, 6.45) is 0.489. The number of nitrogens with one attached hydrogen (secondary N) is 2. The number of amides is 3. The molecule has 0 spiro atoms. The lowest BCUT2D eigenvalue weighted by Crippen LogP contribution is -2.37. The maximum atomic E-state index is 13.4. The monoisotopic (exact) mass is 388 g/mol. The first kappa shape index (κ1) is 20.9. The Hall–Kier alpha value is -3.42. The van der Waals surface area contributed by atoms with Crippen LogP contribution < -0.4 is 15.4 Å². The van der Waals surface area contributed by atoms with E-state index < -0.39 is 30.3 Å². The van der Waals surface area contributed by atoms with Gasteiger partial charge in [0.1, 0.15) is 11.6 Å². The molecule has 148 valence electrons. The van der Waals surface area contributed by atoms with Gasteiger partial charge >= 0.3 is 12.0 Å². The Kier molecular flexibility index (Phi) is 7.95. The van der Waals surface area contributed by atoms with E-state index in [9.17, 15) is 18.8 Å². The Labute approximate surface area is 161 Å². The second kappa shape index (κ2) is 10.7. The molecule has 0 atom stereocenters. The highest BCUT2D eigenvalue weighted by atomic mass is 19.1. The Morgan fingerprint density at radius 2 is 1.86 bits per heavy atom. The lowest BCUT2D eigenvalue weighted by atomic mass is 10.2. The fraction of sp³-hybridized carbons (Fsp3) is 0.250. The number of para-hydroxylation sites is 1. The summed E-state index contributed by atoms with van der Waals surface area (Å²) in [5, 5.41) is 4.13. The van der Waals surface area contributed by atoms with Gasteiger partial charge in [-0.25, -0.2) is 9.18 Å². The Balaban J connectivity index is 1.60. The fourth-order valence-electron chi connectivity index (χ4n) is 2.21. The highest BCUT2D eigenvalue weighted by Crippen LogP contribution is 2.13. The predicted octanol–water partition coefficient (Wildman–Crippen LogP) is 3.18. The van der Waals surface area contributed by atoms with E-state index in [0.717, 1.165) is 5.56 Å². The summed E-state index contributed by atoms with van der Waals surface area (Å²) in [5.74, 6) is -1.33. The van der Waals surface area contributed by atoms with Crippen molar-refractivity contribution in [3.05, 3.63) is 59.9 Å². The number of anilines is 1. The minimum Gasteiger partial charge on any atom is -0.494 e. The van der Waals surface area contributed by atoms with Crippen LogP contribution in [0.25, 0.3) is 0 Å². The second-order valence-electron chi connectivity index (χ2n) is 5.91. The van der Waals surface area contributed by atoms with Crippen molar-refractivity contribution in [2.75, 3.05) is 18.5 Å². The molecule has 0 aliphatic carbocycles. The minimum atomic E-state index is -0.919. The van der Waals surface area contributed by atoms with Crippen LogP contribution in [0.1, 0.15) is 18.4 Å². The third-order valence-electron chi connectivity index (χ3n) is 3.52. The molecule has 0 heterocycles. The average molecular weight is 388 g/mol. The molecule has 2 aromatic carbocycles. The first-order valence-electron chi connectivity index (χ1n) is 8.64. The van der Waals surface area contributed by atoms with E-state index in [-0.39, 0.29) is 12.1 Å². The first-order valence-corrected chi connectivity index (χ1v) is 8.64. The van der Waals surface area contributed by atoms with E-state index in [1.165, 1.54) is 24.3 Å². The molecule has 0 aromatic heterocycles. The van der Waals surface area contributed by atoms with Crippen molar-refractivity contribution in [1.82, 2.24) is 5.32 Å². The van der Waals surface area contributed by atoms with Gasteiger partial charge in [0.2, 0.25) is 0 Å². The molecule has 0 saturated carbocycles. The van der Waals surface area contributed by atoms with Crippen LogP contribution >= 0.6 is 0 Å². The van der Waals surface area contributed by atoms with Gasteiger partial charge in [0, 0.05) is 6.42 Å². The van der Waals surface area contributed by atoms with E-state index in [1.54, 1.807) is 0 Å². The molecule has 7 nitrogen and oxygen atoms in total. The molecule has 0 fully saturated rings. The van der Waals surface area contributed by atoms with Gasteiger partial charge in [-0.3, -0.25) is 14.9 Å². The number of carbonyl (C=O) groups excluding carboxylic acids is 3. The zero-order chi connectivity index (χ0) is 20.4. The van der Waals surface area contributed by atoms with Gasteiger partial charge in [0.15, 0.2) is 6.61 Å². The number of urea groups is 1. The van der Waals surface area contributed by atoms with Crippen LogP contribution in [-0.2, 0) is 14.3 Å². The number of benzene rings is 2. The lowest BCUT2D eigenvalue weighted by Gasteiger charge is -2.08. The molecule has 0 unspecified atom stereocenters. The van der Waals surface area contributed by atoms with Crippen LogP contribution in [0.5, 0.6) is 5.75 Å². The van der Waals surface area contributed by atoms with Crippen LogP contribution in [0.15, 0.2) is 48.5 Å². The van der Waals surface area contributed by atoms with E-state index in [1.807, 2.05) is 36.5 Å². The molecule has 0 aliphatic rings. The maximum Gasteiger partial charge on any atom is 0.326 e. The average Bonchev–Trinajstić information content (AvgIpc) is 2.65. The van der Waals surface area contributed by atoms with Crippen LogP contribution in [0.2, 0.25) is 0 Å². The summed E-state index contributed by atoms with van der Waals surface area (Å²) >= 11 is 0. The number of imide groups is 1. The second-order valence-corrected chi connectivity index (χ2v) is 5.91. The largest absolute Gasteiger partial charge is 0.494 e. The molecule has 3 amide bonds. The summed E-state index contributed by atoms with van der Waals surface area (Å²) in [7, 11) is 0. The van der Waals surface area contributed by atoms with Crippen molar-refractivity contribution in [3.8, 4) is 5.75 Å². The number of ether oxygens (including phenoxy) is 2. The van der Waals surface area contributed by atoms with Gasteiger partial charge in [-0.1, -0.05) is 24.3 Å². The molecule has 2 N–H and O–H groups in total. The van der Waals surface area contributed by atoms with E-state index >= 15 is 0 Å². The summed E-state index contributed by atoms with van der Waals surface area (Å²) < 4.78 is 23.7. The molecule has 2 rings (SSSR count). The predicted molar refractivity (Wildman–Crippen MR) is 100 cm³/mol. The fourth-order valence-corrected chi connectivity index (χ4v) is 2.21. The topological polar surface area (TPSA) is 93.7 Å². The van der Waals surface area contributed by atoms with Crippen molar-refractivity contribution < 1.29 is 28.2 Å². The maximum absolute atomic E-state index is 13.4. The quantitative estimate of drug-likeness (QED) is 0.535. The molecular formula is C20H21FN2O5. The number of halogens is 1. The zero-order valence-corrected chi connectivity index (χ0v) is 15.4. The van der Waals surface area contributed by atoms with Crippen molar-refractivity contribution in [3.63, 3.8) is 0 Å².